The molecule has 1 amide bonds. The van der Waals surface area contributed by atoms with Gasteiger partial charge in [0.1, 0.15) is 17.3 Å². The number of halogens is 1. The van der Waals surface area contributed by atoms with Gasteiger partial charge in [0.15, 0.2) is 0 Å². The molecule has 0 bridgehead atoms. The van der Waals surface area contributed by atoms with Crippen LogP contribution in [0.4, 0.5) is 10.1 Å². The number of ether oxygens (including phenoxy) is 2. The summed E-state index contributed by atoms with van der Waals surface area (Å²) in [5.74, 6) is 1.27. The van der Waals surface area contributed by atoms with Gasteiger partial charge in [-0.3, -0.25) is 9.69 Å². The van der Waals surface area contributed by atoms with Gasteiger partial charge in [-0.05, 0) is 67.4 Å². The van der Waals surface area contributed by atoms with Crippen molar-refractivity contribution in [2.24, 2.45) is 0 Å². The van der Waals surface area contributed by atoms with Crippen molar-refractivity contribution in [3.05, 3.63) is 89.7 Å². The first kappa shape index (κ1) is 22.8. The molecule has 0 spiro atoms. The second-order valence-electron chi connectivity index (χ2n) is 8.20. The minimum absolute atomic E-state index is 0.0339. The van der Waals surface area contributed by atoms with Gasteiger partial charge in [0.2, 0.25) is 0 Å². The molecule has 1 saturated heterocycles. The minimum Gasteiger partial charge on any atom is -0.497 e. The molecule has 0 radical (unpaired) electrons. The second kappa shape index (κ2) is 10.5. The number of carbonyl (C=O) groups is 1. The van der Waals surface area contributed by atoms with E-state index in [4.69, 9.17) is 9.47 Å². The van der Waals surface area contributed by atoms with Crippen LogP contribution in [0.5, 0.6) is 11.5 Å². The van der Waals surface area contributed by atoms with Crippen LogP contribution >= 0.6 is 0 Å². The lowest BCUT2D eigenvalue weighted by molar-refractivity contribution is 0.0958. The maximum absolute atomic E-state index is 13.6. The number of methoxy groups -OCH3 is 2. The second-order valence-corrected chi connectivity index (χ2v) is 8.20. The average Bonchev–Trinajstić information content (AvgIpc) is 2.86. The maximum atomic E-state index is 13.6. The Morgan fingerprint density at radius 1 is 0.970 bits per heavy atom. The standard InChI is InChI=1S/C27H29FN2O3/c1-32-25-12-13-26(33-2)21(18-25)19-29-16-14-24(15-17-29)30(23-10-8-22(28)9-11-23)27(31)20-6-4-3-5-7-20/h3-13,18,24H,14-17,19H2,1-2H3. The third kappa shape index (κ3) is 5.34. The molecule has 172 valence electrons. The van der Waals surface area contributed by atoms with Crippen molar-refractivity contribution in [2.45, 2.75) is 25.4 Å². The molecule has 4 rings (SSSR count). The third-order valence-electron chi connectivity index (χ3n) is 6.15. The first-order valence-corrected chi connectivity index (χ1v) is 11.2. The molecular formula is C27H29FN2O3. The summed E-state index contributed by atoms with van der Waals surface area (Å²) >= 11 is 0. The van der Waals surface area contributed by atoms with E-state index in [0.29, 0.717) is 5.56 Å². The lowest BCUT2D eigenvalue weighted by Gasteiger charge is -2.39. The van der Waals surface area contributed by atoms with Gasteiger partial charge in [-0.25, -0.2) is 4.39 Å². The van der Waals surface area contributed by atoms with Gasteiger partial charge in [-0.1, -0.05) is 18.2 Å². The highest BCUT2D eigenvalue weighted by Crippen LogP contribution is 2.29. The molecule has 0 aromatic heterocycles. The Morgan fingerprint density at radius 2 is 1.67 bits per heavy atom. The fourth-order valence-corrected chi connectivity index (χ4v) is 4.40. The highest BCUT2D eigenvalue weighted by molar-refractivity contribution is 6.06. The van der Waals surface area contributed by atoms with Crippen LogP contribution in [0, 0.1) is 5.82 Å². The summed E-state index contributed by atoms with van der Waals surface area (Å²) in [5.41, 5.74) is 2.43. The van der Waals surface area contributed by atoms with Crippen molar-refractivity contribution in [2.75, 3.05) is 32.2 Å². The Bertz CT molecular complexity index is 1060. The van der Waals surface area contributed by atoms with E-state index in [-0.39, 0.29) is 17.8 Å². The van der Waals surface area contributed by atoms with E-state index >= 15 is 0 Å². The molecule has 1 fully saturated rings. The quantitative estimate of drug-likeness (QED) is 0.501. The largest absolute Gasteiger partial charge is 0.497 e. The van der Waals surface area contributed by atoms with Crippen LogP contribution in [-0.4, -0.2) is 44.2 Å². The molecule has 0 unspecified atom stereocenters. The van der Waals surface area contributed by atoms with Crippen LogP contribution in [0.1, 0.15) is 28.8 Å². The Morgan fingerprint density at radius 3 is 2.30 bits per heavy atom. The summed E-state index contributed by atoms with van der Waals surface area (Å²) in [6.07, 6.45) is 1.64. The zero-order chi connectivity index (χ0) is 23.2. The first-order valence-electron chi connectivity index (χ1n) is 11.2. The summed E-state index contributed by atoms with van der Waals surface area (Å²) in [4.78, 5) is 17.6. The third-order valence-corrected chi connectivity index (χ3v) is 6.15. The number of benzene rings is 3. The molecule has 33 heavy (non-hydrogen) atoms. The Kier molecular flexibility index (Phi) is 7.25. The average molecular weight is 449 g/mol. The molecule has 1 heterocycles. The van der Waals surface area contributed by atoms with Crippen LogP contribution in [-0.2, 0) is 6.54 Å². The number of amides is 1. The van der Waals surface area contributed by atoms with Crippen molar-refractivity contribution in [1.29, 1.82) is 0 Å². The number of hydrogen-bond acceptors (Lipinski definition) is 4. The molecule has 0 N–H and O–H groups in total. The van der Waals surface area contributed by atoms with Crippen molar-refractivity contribution in [3.63, 3.8) is 0 Å². The van der Waals surface area contributed by atoms with E-state index in [9.17, 15) is 9.18 Å². The molecule has 0 aliphatic carbocycles. The van der Waals surface area contributed by atoms with Crippen LogP contribution in [0.3, 0.4) is 0 Å². The van der Waals surface area contributed by atoms with Gasteiger partial charge in [0.25, 0.3) is 5.91 Å². The molecule has 1 aliphatic heterocycles. The van der Waals surface area contributed by atoms with Crippen LogP contribution in [0.15, 0.2) is 72.8 Å². The van der Waals surface area contributed by atoms with E-state index in [1.165, 1.54) is 12.1 Å². The van der Waals surface area contributed by atoms with Crippen molar-refractivity contribution in [3.8, 4) is 11.5 Å². The SMILES string of the molecule is COc1ccc(OC)c(CN2CCC(N(C(=O)c3ccccc3)c3ccc(F)cc3)CC2)c1. The molecule has 0 atom stereocenters. The molecule has 6 heteroatoms. The summed E-state index contributed by atoms with van der Waals surface area (Å²) in [6.45, 7) is 2.42. The number of carbonyl (C=O) groups excluding carboxylic acids is 1. The van der Waals surface area contributed by atoms with Gasteiger partial charge in [-0.15, -0.1) is 0 Å². The summed E-state index contributed by atoms with van der Waals surface area (Å²) in [5, 5.41) is 0. The first-order chi connectivity index (χ1) is 16.1. The number of piperidine rings is 1. The molecule has 3 aromatic carbocycles. The number of anilines is 1. The van der Waals surface area contributed by atoms with Crippen LogP contribution in [0.2, 0.25) is 0 Å². The highest BCUT2D eigenvalue weighted by atomic mass is 19.1. The zero-order valence-corrected chi connectivity index (χ0v) is 19.0. The lowest BCUT2D eigenvalue weighted by atomic mass is 10.00. The molecule has 3 aromatic rings. The van der Waals surface area contributed by atoms with Crippen LogP contribution in [0.25, 0.3) is 0 Å². The highest BCUT2D eigenvalue weighted by Gasteiger charge is 2.30. The summed E-state index contributed by atoms with van der Waals surface area (Å²) in [6, 6.07) is 21.3. The Labute approximate surface area is 194 Å². The van der Waals surface area contributed by atoms with Gasteiger partial charge in [0, 0.05) is 42.5 Å². The number of rotatable bonds is 7. The molecular weight excluding hydrogens is 419 g/mol. The summed E-state index contributed by atoms with van der Waals surface area (Å²) < 4.78 is 24.5. The number of hydrogen-bond donors (Lipinski definition) is 0. The van der Waals surface area contributed by atoms with E-state index in [2.05, 4.69) is 4.90 Å². The Hall–Kier alpha value is -3.38. The van der Waals surface area contributed by atoms with Gasteiger partial charge >= 0.3 is 0 Å². The Balaban J connectivity index is 1.50. The number of likely N-dealkylation sites (tertiary alicyclic amines) is 1. The molecule has 5 nitrogen and oxygen atoms in total. The maximum Gasteiger partial charge on any atom is 0.258 e. The summed E-state index contributed by atoms with van der Waals surface area (Å²) in [7, 11) is 3.33. The number of nitrogens with zero attached hydrogens (tertiary/aromatic N) is 2. The minimum atomic E-state index is -0.312. The predicted octanol–water partition coefficient (Wildman–Crippen LogP) is 5.15. The van der Waals surface area contributed by atoms with E-state index in [1.807, 2.05) is 53.4 Å². The van der Waals surface area contributed by atoms with Crippen molar-refractivity contribution < 1.29 is 18.7 Å². The van der Waals surface area contributed by atoms with Crippen molar-refractivity contribution >= 4 is 11.6 Å². The van der Waals surface area contributed by atoms with Gasteiger partial charge in [-0.2, -0.15) is 0 Å². The zero-order valence-electron chi connectivity index (χ0n) is 19.0. The van der Waals surface area contributed by atoms with Crippen LogP contribution < -0.4 is 14.4 Å². The monoisotopic (exact) mass is 448 g/mol. The van der Waals surface area contributed by atoms with E-state index in [1.54, 1.807) is 26.4 Å². The lowest BCUT2D eigenvalue weighted by Crippen LogP contribution is -2.47. The van der Waals surface area contributed by atoms with Gasteiger partial charge < -0.3 is 14.4 Å². The topological polar surface area (TPSA) is 42.0 Å². The van der Waals surface area contributed by atoms with E-state index in [0.717, 1.165) is 55.2 Å². The fourth-order valence-electron chi connectivity index (χ4n) is 4.40. The van der Waals surface area contributed by atoms with Gasteiger partial charge in [0.05, 0.1) is 14.2 Å². The van der Waals surface area contributed by atoms with E-state index < -0.39 is 0 Å². The molecule has 1 aliphatic rings. The van der Waals surface area contributed by atoms with Crippen molar-refractivity contribution in [1.82, 2.24) is 4.90 Å². The fraction of sp³-hybridized carbons (Fsp3) is 0.296. The molecule has 0 saturated carbocycles. The predicted molar refractivity (Wildman–Crippen MR) is 127 cm³/mol. The normalized spacial score (nSPS) is 14.6. The smallest absolute Gasteiger partial charge is 0.258 e.